The van der Waals surface area contributed by atoms with Crippen LogP contribution in [-0.4, -0.2) is 5.78 Å². The molecule has 1 nitrogen and oxygen atoms in total. The number of allylic oxidation sites excluding steroid dienone is 4. The molecule has 0 saturated heterocycles. The van der Waals surface area contributed by atoms with E-state index in [0.29, 0.717) is 11.7 Å². The number of fused-ring (bicyclic) bond motifs is 1. The van der Waals surface area contributed by atoms with Gasteiger partial charge in [0.2, 0.25) is 0 Å². The first-order valence-electron chi connectivity index (χ1n) is 7.80. The lowest BCUT2D eigenvalue weighted by Crippen LogP contribution is -2.30. The van der Waals surface area contributed by atoms with E-state index in [0.717, 1.165) is 0 Å². The van der Waals surface area contributed by atoms with Gasteiger partial charge < -0.3 is 0 Å². The molecular formula is C18H24O. The molecule has 0 unspecified atom stereocenters. The first-order valence-corrected chi connectivity index (χ1v) is 7.80. The number of ketones is 1. The lowest BCUT2D eigenvalue weighted by Gasteiger charge is -2.37. The molecule has 19 heavy (non-hydrogen) atoms. The van der Waals surface area contributed by atoms with Crippen molar-refractivity contribution in [3.63, 3.8) is 0 Å². The molecular weight excluding hydrogens is 232 g/mol. The molecule has 0 aromatic rings. The third kappa shape index (κ3) is 1.09. The Morgan fingerprint density at radius 3 is 2.21 bits per heavy atom. The van der Waals surface area contributed by atoms with Crippen LogP contribution in [0.2, 0.25) is 0 Å². The van der Waals surface area contributed by atoms with Gasteiger partial charge >= 0.3 is 0 Å². The third-order valence-corrected chi connectivity index (χ3v) is 7.21. The van der Waals surface area contributed by atoms with Crippen LogP contribution in [0.3, 0.4) is 0 Å². The van der Waals surface area contributed by atoms with Gasteiger partial charge in [-0.25, -0.2) is 0 Å². The van der Waals surface area contributed by atoms with Crippen molar-refractivity contribution < 1.29 is 4.79 Å². The Bertz CT molecular complexity index is 538. The molecule has 0 aliphatic heterocycles. The molecule has 102 valence electrons. The van der Waals surface area contributed by atoms with Crippen molar-refractivity contribution in [3.8, 4) is 0 Å². The van der Waals surface area contributed by atoms with Gasteiger partial charge in [-0.05, 0) is 35.2 Å². The van der Waals surface area contributed by atoms with Crippen LogP contribution in [0, 0.1) is 28.1 Å². The van der Waals surface area contributed by atoms with E-state index < -0.39 is 0 Å². The summed E-state index contributed by atoms with van der Waals surface area (Å²) in [6, 6.07) is 0. The molecule has 0 aromatic heterocycles. The molecule has 2 saturated carbocycles. The Balaban J connectivity index is 1.96. The zero-order valence-electron chi connectivity index (χ0n) is 12.5. The molecule has 0 amide bonds. The first-order chi connectivity index (χ1) is 8.81. The average Bonchev–Trinajstić information content (AvgIpc) is 3.00. The van der Waals surface area contributed by atoms with Crippen LogP contribution in [-0.2, 0) is 4.79 Å². The zero-order chi connectivity index (χ0) is 13.6. The van der Waals surface area contributed by atoms with E-state index >= 15 is 0 Å². The van der Waals surface area contributed by atoms with Gasteiger partial charge in [0.25, 0.3) is 0 Å². The molecule has 1 spiro atoms. The summed E-state index contributed by atoms with van der Waals surface area (Å²) in [5.74, 6) is 1.15. The van der Waals surface area contributed by atoms with Crippen molar-refractivity contribution in [1.29, 1.82) is 0 Å². The second kappa shape index (κ2) is 3.07. The zero-order valence-corrected chi connectivity index (χ0v) is 12.5. The van der Waals surface area contributed by atoms with E-state index in [2.05, 4.69) is 33.8 Å². The van der Waals surface area contributed by atoms with Crippen molar-refractivity contribution >= 4 is 5.78 Å². The number of hydrogen-bond acceptors (Lipinski definition) is 1. The van der Waals surface area contributed by atoms with Gasteiger partial charge in [0.05, 0.1) is 0 Å². The Hall–Kier alpha value is -0.850. The third-order valence-electron chi connectivity index (χ3n) is 7.21. The Morgan fingerprint density at radius 2 is 1.58 bits per heavy atom. The Kier molecular flexibility index (Phi) is 1.93. The van der Waals surface area contributed by atoms with Crippen LogP contribution in [0.15, 0.2) is 23.3 Å². The largest absolute Gasteiger partial charge is 0.294 e. The van der Waals surface area contributed by atoms with Gasteiger partial charge in [-0.1, -0.05) is 57.8 Å². The molecule has 0 aromatic carbocycles. The topological polar surface area (TPSA) is 17.1 Å². The molecule has 0 N–H and O–H groups in total. The van der Waals surface area contributed by atoms with E-state index in [4.69, 9.17) is 0 Å². The summed E-state index contributed by atoms with van der Waals surface area (Å²) >= 11 is 0. The highest BCUT2D eigenvalue weighted by Crippen LogP contribution is 2.72. The fourth-order valence-corrected chi connectivity index (χ4v) is 5.48. The second-order valence-electron chi connectivity index (χ2n) is 8.25. The predicted molar refractivity (Wildman–Crippen MR) is 76.6 cm³/mol. The molecule has 4 rings (SSSR count). The molecule has 1 heteroatoms. The molecule has 4 aliphatic rings. The standard InChI is InChI=1S/C18H24O/c1-16(2)11-9-13(19)15-14(11)12(17(16,3)4)10-18(15)7-5-6-8-18/h9-10,14-15H,5-8H2,1-4H3/t14-,15-/m0/s1. The quantitative estimate of drug-likeness (QED) is 0.591. The van der Waals surface area contributed by atoms with E-state index in [1.165, 1.54) is 31.3 Å². The highest BCUT2D eigenvalue weighted by atomic mass is 16.1. The van der Waals surface area contributed by atoms with Crippen LogP contribution in [0.1, 0.15) is 53.4 Å². The van der Waals surface area contributed by atoms with Crippen molar-refractivity contribution in [3.05, 3.63) is 23.3 Å². The maximum Gasteiger partial charge on any atom is 0.160 e. The Labute approximate surface area is 116 Å². The molecule has 2 atom stereocenters. The molecule has 2 fully saturated rings. The monoisotopic (exact) mass is 256 g/mol. The van der Waals surface area contributed by atoms with Crippen LogP contribution in [0.4, 0.5) is 0 Å². The van der Waals surface area contributed by atoms with Crippen molar-refractivity contribution in [2.75, 3.05) is 0 Å². The van der Waals surface area contributed by atoms with Crippen molar-refractivity contribution in [1.82, 2.24) is 0 Å². The van der Waals surface area contributed by atoms with E-state index in [-0.39, 0.29) is 22.2 Å². The van der Waals surface area contributed by atoms with Gasteiger partial charge in [0.15, 0.2) is 5.78 Å². The van der Waals surface area contributed by atoms with Gasteiger partial charge in [0.1, 0.15) is 0 Å². The van der Waals surface area contributed by atoms with Crippen molar-refractivity contribution in [2.45, 2.75) is 53.4 Å². The minimum absolute atomic E-state index is 0.133. The summed E-state index contributed by atoms with van der Waals surface area (Å²) in [6.07, 6.45) is 9.67. The van der Waals surface area contributed by atoms with Crippen molar-refractivity contribution in [2.24, 2.45) is 28.1 Å². The number of hydrogen-bond donors (Lipinski definition) is 0. The van der Waals surface area contributed by atoms with E-state index in [1.54, 1.807) is 5.57 Å². The summed E-state index contributed by atoms with van der Waals surface area (Å²) in [6.45, 7) is 9.42. The lowest BCUT2D eigenvalue weighted by molar-refractivity contribution is -0.120. The van der Waals surface area contributed by atoms with Crippen LogP contribution in [0.5, 0.6) is 0 Å². The van der Waals surface area contributed by atoms with Gasteiger partial charge in [-0.15, -0.1) is 0 Å². The molecule has 4 aliphatic carbocycles. The van der Waals surface area contributed by atoms with Gasteiger partial charge in [-0.2, -0.15) is 0 Å². The predicted octanol–water partition coefficient (Wildman–Crippen LogP) is 4.29. The van der Waals surface area contributed by atoms with Crippen LogP contribution in [0.25, 0.3) is 0 Å². The molecule has 0 radical (unpaired) electrons. The number of carbonyl (C=O) groups excluding carboxylic acids is 1. The van der Waals surface area contributed by atoms with Crippen LogP contribution >= 0.6 is 0 Å². The minimum Gasteiger partial charge on any atom is -0.294 e. The fraction of sp³-hybridized carbons (Fsp3) is 0.722. The maximum absolute atomic E-state index is 12.6. The average molecular weight is 256 g/mol. The smallest absolute Gasteiger partial charge is 0.160 e. The molecule has 0 bridgehead atoms. The first kappa shape index (κ1) is 11.9. The van der Waals surface area contributed by atoms with Gasteiger partial charge in [0, 0.05) is 11.8 Å². The van der Waals surface area contributed by atoms with E-state index in [9.17, 15) is 4.79 Å². The summed E-state index contributed by atoms with van der Waals surface area (Å²) in [4.78, 5) is 12.6. The highest BCUT2D eigenvalue weighted by molar-refractivity contribution is 5.99. The van der Waals surface area contributed by atoms with Crippen LogP contribution < -0.4 is 0 Å². The lowest BCUT2D eigenvalue weighted by atomic mass is 9.66. The normalized spacial score (nSPS) is 39.7. The van der Waals surface area contributed by atoms with E-state index in [1.807, 2.05) is 6.08 Å². The SMILES string of the molecule is CC1(C)C2=CC(=O)[C@H]3[C@@H]2C(=CC32CCCC2)C1(C)C. The fourth-order valence-electron chi connectivity index (χ4n) is 5.48. The summed E-state index contributed by atoms with van der Waals surface area (Å²) in [5, 5.41) is 0. The summed E-state index contributed by atoms with van der Waals surface area (Å²) < 4.78 is 0. The number of rotatable bonds is 0. The summed E-state index contributed by atoms with van der Waals surface area (Å²) in [5.41, 5.74) is 3.58. The maximum atomic E-state index is 12.6. The number of carbonyl (C=O) groups is 1. The highest BCUT2D eigenvalue weighted by Gasteiger charge is 2.66. The molecule has 0 heterocycles. The van der Waals surface area contributed by atoms with Gasteiger partial charge in [-0.3, -0.25) is 4.79 Å². The minimum atomic E-state index is 0.133. The second-order valence-corrected chi connectivity index (χ2v) is 8.25. The summed E-state index contributed by atoms with van der Waals surface area (Å²) in [7, 11) is 0. The Morgan fingerprint density at radius 1 is 1.00 bits per heavy atom.